The number of carbonyl (C=O) groups is 1. The van der Waals surface area contributed by atoms with Gasteiger partial charge < -0.3 is 10.6 Å². The number of rotatable bonds is 5. The van der Waals surface area contributed by atoms with Crippen LogP contribution >= 0.6 is 11.6 Å². The van der Waals surface area contributed by atoms with Crippen LogP contribution in [0.5, 0.6) is 0 Å². The van der Waals surface area contributed by atoms with Gasteiger partial charge in [-0.25, -0.2) is 13.2 Å². The number of halogens is 1. The predicted octanol–water partition coefficient (Wildman–Crippen LogP) is 5.40. The monoisotopic (exact) mass is 429 g/mol. The second kappa shape index (κ2) is 8.55. The third-order valence-electron chi connectivity index (χ3n) is 4.28. The van der Waals surface area contributed by atoms with Gasteiger partial charge in [-0.2, -0.15) is 0 Å². The molecule has 0 aliphatic carbocycles. The van der Waals surface area contributed by atoms with E-state index in [2.05, 4.69) is 15.4 Å². The summed E-state index contributed by atoms with van der Waals surface area (Å²) in [5, 5.41) is 5.89. The number of amides is 2. The Morgan fingerprint density at radius 2 is 1.28 bits per heavy atom. The van der Waals surface area contributed by atoms with Gasteiger partial charge in [-0.1, -0.05) is 17.7 Å². The third kappa shape index (κ3) is 5.49. The Morgan fingerprint density at radius 3 is 1.83 bits per heavy atom. The topological polar surface area (TPSA) is 87.3 Å². The Kier molecular flexibility index (Phi) is 6.10. The van der Waals surface area contributed by atoms with Gasteiger partial charge in [-0.15, -0.1) is 0 Å². The molecule has 0 aromatic heterocycles. The molecule has 29 heavy (non-hydrogen) atoms. The highest BCUT2D eigenvalue weighted by Crippen LogP contribution is 2.21. The summed E-state index contributed by atoms with van der Waals surface area (Å²) in [6.07, 6.45) is 0. The standard InChI is InChI=1S/C21H20ClN3O3S/c1-14-3-6-19(13-15(14)2)25-29(27,28)20-11-9-18(10-12-20)24-21(26)23-17-7-4-16(22)5-8-17/h3-13,25H,1-2H3,(H2,23,24,26). The molecule has 3 aromatic rings. The van der Waals surface area contributed by atoms with E-state index in [0.717, 1.165) is 11.1 Å². The molecule has 0 bridgehead atoms. The number of urea groups is 1. The molecule has 3 rings (SSSR count). The zero-order chi connectivity index (χ0) is 21.0. The minimum Gasteiger partial charge on any atom is -0.308 e. The molecule has 0 aliphatic rings. The van der Waals surface area contributed by atoms with Crippen LogP contribution < -0.4 is 15.4 Å². The Bertz CT molecular complexity index is 1130. The van der Waals surface area contributed by atoms with E-state index in [0.29, 0.717) is 22.1 Å². The van der Waals surface area contributed by atoms with Crippen LogP contribution in [0.15, 0.2) is 71.6 Å². The Morgan fingerprint density at radius 1 is 0.759 bits per heavy atom. The largest absolute Gasteiger partial charge is 0.323 e. The molecule has 0 atom stereocenters. The van der Waals surface area contributed by atoms with Gasteiger partial charge in [0.2, 0.25) is 0 Å². The highest BCUT2D eigenvalue weighted by molar-refractivity contribution is 7.92. The molecule has 6 nitrogen and oxygen atoms in total. The lowest BCUT2D eigenvalue weighted by molar-refractivity contribution is 0.262. The van der Waals surface area contributed by atoms with Gasteiger partial charge in [0.1, 0.15) is 0 Å². The number of aryl methyl sites for hydroxylation is 2. The van der Waals surface area contributed by atoms with Crippen molar-refractivity contribution < 1.29 is 13.2 Å². The Labute approximate surface area is 175 Å². The molecule has 150 valence electrons. The van der Waals surface area contributed by atoms with Gasteiger partial charge in [0.15, 0.2) is 0 Å². The third-order valence-corrected chi connectivity index (χ3v) is 5.93. The van der Waals surface area contributed by atoms with Gasteiger partial charge in [0, 0.05) is 22.1 Å². The number of carbonyl (C=O) groups excluding carboxylic acids is 1. The molecule has 0 fully saturated rings. The van der Waals surface area contributed by atoms with Crippen molar-refractivity contribution in [1.82, 2.24) is 0 Å². The Balaban J connectivity index is 1.66. The number of hydrogen-bond acceptors (Lipinski definition) is 3. The number of hydrogen-bond donors (Lipinski definition) is 3. The average molecular weight is 430 g/mol. The van der Waals surface area contributed by atoms with Crippen molar-refractivity contribution in [3.05, 3.63) is 82.9 Å². The van der Waals surface area contributed by atoms with E-state index in [1.165, 1.54) is 24.3 Å². The lowest BCUT2D eigenvalue weighted by Gasteiger charge is -2.11. The highest BCUT2D eigenvalue weighted by Gasteiger charge is 2.14. The van der Waals surface area contributed by atoms with Crippen molar-refractivity contribution in [2.24, 2.45) is 0 Å². The number of benzene rings is 3. The van der Waals surface area contributed by atoms with Crippen molar-refractivity contribution in [1.29, 1.82) is 0 Å². The van der Waals surface area contributed by atoms with E-state index in [1.807, 2.05) is 19.9 Å². The van der Waals surface area contributed by atoms with E-state index in [1.54, 1.807) is 36.4 Å². The maximum Gasteiger partial charge on any atom is 0.323 e. The fourth-order valence-electron chi connectivity index (χ4n) is 2.56. The summed E-state index contributed by atoms with van der Waals surface area (Å²) >= 11 is 5.81. The molecule has 0 radical (unpaired) electrons. The first-order chi connectivity index (χ1) is 13.7. The lowest BCUT2D eigenvalue weighted by Crippen LogP contribution is -2.19. The highest BCUT2D eigenvalue weighted by atomic mass is 35.5. The lowest BCUT2D eigenvalue weighted by atomic mass is 10.1. The molecule has 3 aromatic carbocycles. The van der Waals surface area contributed by atoms with Crippen LogP contribution in [-0.4, -0.2) is 14.4 Å². The number of nitrogens with one attached hydrogen (secondary N) is 3. The van der Waals surface area contributed by atoms with Crippen molar-refractivity contribution in [3.63, 3.8) is 0 Å². The first-order valence-electron chi connectivity index (χ1n) is 8.77. The van der Waals surface area contributed by atoms with Crippen molar-refractivity contribution >= 4 is 44.7 Å². The van der Waals surface area contributed by atoms with E-state index in [4.69, 9.17) is 11.6 Å². The van der Waals surface area contributed by atoms with Gasteiger partial charge in [0.25, 0.3) is 10.0 Å². The summed E-state index contributed by atoms with van der Waals surface area (Å²) in [7, 11) is -3.73. The molecule has 3 N–H and O–H groups in total. The van der Waals surface area contributed by atoms with Gasteiger partial charge >= 0.3 is 6.03 Å². The summed E-state index contributed by atoms with van der Waals surface area (Å²) in [5.74, 6) is 0. The summed E-state index contributed by atoms with van der Waals surface area (Å²) < 4.78 is 27.7. The minimum atomic E-state index is -3.73. The maximum atomic E-state index is 12.6. The van der Waals surface area contributed by atoms with Crippen LogP contribution in [0.4, 0.5) is 21.9 Å². The minimum absolute atomic E-state index is 0.0967. The van der Waals surface area contributed by atoms with Crippen molar-refractivity contribution in [2.75, 3.05) is 15.4 Å². The van der Waals surface area contributed by atoms with Crippen LogP contribution in [-0.2, 0) is 10.0 Å². The zero-order valence-corrected chi connectivity index (χ0v) is 17.4. The van der Waals surface area contributed by atoms with E-state index >= 15 is 0 Å². The molecule has 0 saturated carbocycles. The fourth-order valence-corrected chi connectivity index (χ4v) is 3.74. The molecular weight excluding hydrogens is 410 g/mol. The van der Waals surface area contributed by atoms with Gasteiger partial charge in [-0.3, -0.25) is 4.72 Å². The number of anilines is 3. The first kappa shape index (κ1) is 20.7. The summed E-state index contributed by atoms with van der Waals surface area (Å²) in [5.41, 5.74) is 3.62. The maximum absolute atomic E-state index is 12.6. The Hall–Kier alpha value is -3.03. The molecule has 8 heteroatoms. The first-order valence-corrected chi connectivity index (χ1v) is 10.6. The van der Waals surface area contributed by atoms with Crippen LogP contribution in [0.3, 0.4) is 0 Å². The molecule has 0 heterocycles. The second-order valence-corrected chi connectivity index (χ2v) is 8.63. The van der Waals surface area contributed by atoms with E-state index in [-0.39, 0.29) is 4.90 Å². The SMILES string of the molecule is Cc1ccc(NS(=O)(=O)c2ccc(NC(=O)Nc3ccc(Cl)cc3)cc2)cc1C. The molecular formula is C21H20ClN3O3S. The van der Waals surface area contributed by atoms with Gasteiger partial charge in [-0.05, 0) is 85.6 Å². The average Bonchev–Trinajstić information content (AvgIpc) is 2.67. The van der Waals surface area contributed by atoms with Gasteiger partial charge in [0.05, 0.1) is 4.90 Å². The molecule has 0 saturated heterocycles. The van der Waals surface area contributed by atoms with E-state index in [9.17, 15) is 13.2 Å². The smallest absolute Gasteiger partial charge is 0.308 e. The fraction of sp³-hybridized carbons (Fsp3) is 0.0952. The van der Waals surface area contributed by atoms with Crippen LogP contribution in [0.1, 0.15) is 11.1 Å². The second-order valence-electron chi connectivity index (χ2n) is 6.51. The molecule has 0 spiro atoms. The van der Waals surface area contributed by atoms with Crippen LogP contribution in [0.2, 0.25) is 5.02 Å². The molecule has 2 amide bonds. The van der Waals surface area contributed by atoms with E-state index < -0.39 is 16.1 Å². The van der Waals surface area contributed by atoms with Crippen LogP contribution in [0.25, 0.3) is 0 Å². The van der Waals surface area contributed by atoms with Crippen molar-refractivity contribution in [3.8, 4) is 0 Å². The summed E-state index contributed by atoms with van der Waals surface area (Å²) in [6, 6.07) is 17.5. The number of sulfonamides is 1. The summed E-state index contributed by atoms with van der Waals surface area (Å²) in [4.78, 5) is 12.2. The molecule has 0 unspecified atom stereocenters. The van der Waals surface area contributed by atoms with Crippen molar-refractivity contribution in [2.45, 2.75) is 18.7 Å². The quantitative estimate of drug-likeness (QED) is 0.507. The molecule has 0 aliphatic heterocycles. The summed E-state index contributed by atoms with van der Waals surface area (Å²) in [6.45, 7) is 3.88. The normalized spacial score (nSPS) is 11.0. The van der Waals surface area contributed by atoms with Crippen LogP contribution in [0, 0.1) is 13.8 Å². The predicted molar refractivity (Wildman–Crippen MR) is 117 cm³/mol. The zero-order valence-electron chi connectivity index (χ0n) is 15.9.